The number of hydrogen-bond acceptors (Lipinski definition) is 1. The van der Waals surface area contributed by atoms with Crippen molar-refractivity contribution in [1.29, 1.82) is 0 Å². The van der Waals surface area contributed by atoms with E-state index in [1.807, 2.05) is 24.4 Å². The van der Waals surface area contributed by atoms with E-state index in [1.165, 1.54) is 16.5 Å². The molecule has 0 fully saturated rings. The highest BCUT2D eigenvalue weighted by Gasteiger charge is 2.01. The van der Waals surface area contributed by atoms with E-state index in [4.69, 9.17) is 0 Å². The molecule has 0 saturated carbocycles. The third kappa shape index (κ3) is 3.66. The van der Waals surface area contributed by atoms with Gasteiger partial charge < -0.3 is 4.57 Å². The van der Waals surface area contributed by atoms with Crippen LogP contribution in [-0.2, 0) is 7.05 Å². The summed E-state index contributed by atoms with van der Waals surface area (Å²) in [5.41, 5.74) is 3.60. The summed E-state index contributed by atoms with van der Waals surface area (Å²) in [5.74, 6) is 0. The molecule has 0 amide bonds. The molecule has 22 heavy (non-hydrogen) atoms. The summed E-state index contributed by atoms with van der Waals surface area (Å²) in [6.07, 6.45) is 8.21. The van der Waals surface area contributed by atoms with Crippen LogP contribution in [0.25, 0.3) is 17.0 Å². The molecule has 1 aromatic heterocycles. The Hall–Kier alpha value is -2.32. The molecule has 2 nitrogen and oxygen atoms in total. The van der Waals surface area contributed by atoms with Gasteiger partial charge in [-0.25, -0.2) is 0 Å². The minimum absolute atomic E-state index is 0. The summed E-state index contributed by atoms with van der Waals surface area (Å²) in [6.45, 7) is 0.690. The minimum Gasteiger partial charge on any atom is -0.350 e. The van der Waals surface area contributed by atoms with Crippen LogP contribution < -0.4 is 0 Å². The number of halogens is 1. The molecule has 0 bridgehead atoms. The SMILES string of the molecule is Cl.Cn1ccc2cccc(C=NC/C=C/c3ccccc3)c21. The highest BCUT2D eigenvalue weighted by Crippen LogP contribution is 2.17. The number of para-hydroxylation sites is 1. The molecule has 3 heteroatoms. The lowest BCUT2D eigenvalue weighted by molar-refractivity contribution is 0.968. The minimum atomic E-state index is 0. The Bertz CT molecular complexity index is 786. The first-order chi connectivity index (χ1) is 10.3. The van der Waals surface area contributed by atoms with E-state index >= 15 is 0 Å². The lowest BCUT2D eigenvalue weighted by atomic mass is 10.1. The van der Waals surface area contributed by atoms with Crippen molar-refractivity contribution in [1.82, 2.24) is 4.57 Å². The lowest BCUT2D eigenvalue weighted by Gasteiger charge is -2.00. The quantitative estimate of drug-likeness (QED) is 0.620. The molecule has 0 spiro atoms. The van der Waals surface area contributed by atoms with Crippen LogP contribution in [0.15, 0.2) is 71.9 Å². The zero-order valence-corrected chi connectivity index (χ0v) is 13.3. The molecule has 0 aliphatic heterocycles. The average Bonchev–Trinajstić information content (AvgIpc) is 2.90. The number of hydrogen-bond donors (Lipinski definition) is 0. The molecule has 0 aliphatic carbocycles. The largest absolute Gasteiger partial charge is 0.350 e. The zero-order valence-electron chi connectivity index (χ0n) is 12.5. The monoisotopic (exact) mass is 310 g/mol. The zero-order chi connectivity index (χ0) is 14.5. The fourth-order valence-electron chi connectivity index (χ4n) is 2.46. The molecule has 1 heterocycles. The third-order valence-corrected chi connectivity index (χ3v) is 3.48. The van der Waals surface area contributed by atoms with Crippen LogP contribution in [0, 0.1) is 0 Å². The predicted octanol–water partition coefficient (Wildman–Crippen LogP) is 4.73. The molecule has 0 aliphatic rings. The second-order valence-electron chi connectivity index (χ2n) is 5.02. The molecule has 3 rings (SSSR count). The first-order valence-electron chi connectivity index (χ1n) is 7.10. The van der Waals surface area contributed by atoms with E-state index in [0.29, 0.717) is 6.54 Å². The van der Waals surface area contributed by atoms with E-state index in [1.54, 1.807) is 0 Å². The summed E-state index contributed by atoms with van der Waals surface area (Å²) in [6, 6.07) is 18.7. The van der Waals surface area contributed by atoms with Gasteiger partial charge in [0.15, 0.2) is 0 Å². The Labute approximate surface area is 137 Å². The fraction of sp³-hybridized carbons (Fsp3) is 0.105. The summed E-state index contributed by atoms with van der Waals surface area (Å²) < 4.78 is 2.14. The number of rotatable bonds is 4. The Morgan fingerprint density at radius 1 is 1.00 bits per heavy atom. The van der Waals surface area contributed by atoms with E-state index in [9.17, 15) is 0 Å². The Morgan fingerprint density at radius 3 is 2.64 bits per heavy atom. The summed E-state index contributed by atoms with van der Waals surface area (Å²) in [4.78, 5) is 4.50. The van der Waals surface area contributed by atoms with Crippen LogP contribution in [0.1, 0.15) is 11.1 Å². The first-order valence-corrected chi connectivity index (χ1v) is 7.10. The van der Waals surface area contributed by atoms with Gasteiger partial charge in [-0.15, -0.1) is 12.4 Å². The second kappa shape index (κ2) is 7.62. The van der Waals surface area contributed by atoms with Crippen molar-refractivity contribution < 1.29 is 0 Å². The maximum absolute atomic E-state index is 4.50. The smallest absolute Gasteiger partial charge is 0.0573 e. The third-order valence-electron chi connectivity index (χ3n) is 3.48. The van der Waals surface area contributed by atoms with Crippen molar-refractivity contribution >= 4 is 35.6 Å². The van der Waals surface area contributed by atoms with Crippen molar-refractivity contribution in [3.8, 4) is 0 Å². The molecule has 0 atom stereocenters. The Kier molecular flexibility index (Phi) is 5.56. The molecule has 0 unspecified atom stereocenters. The molecule has 2 aromatic carbocycles. The average molecular weight is 311 g/mol. The highest BCUT2D eigenvalue weighted by molar-refractivity contribution is 5.98. The standard InChI is InChI=1S/C19H18N2.ClH/c1-21-14-12-17-10-5-11-18(19(17)21)15-20-13-6-9-16-7-3-2-4-8-16;/h2-12,14-15H,13H2,1H3;1H/b9-6+,20-15?;. The highest BCUT2D eigenvalue weighted by atomic mass is 35.5. The van der Waals surface area contributed by atoms with Crippen LogP contribution in [0.3, 0.4) is 0 Å². The molecular weight excluding hydrogens is 292 g/mol. The molecule has 3 aromatic rings. The van der Waals surface area contributed by atoms with Crippen LogP contribution in [0.4, 0.5) is 0 Å². The van der Waals surface area contributed by atoms with Gasteiger partial charge in [-0.3, -0.25) is 4.99 Å². The maximum atomic E-state index is 4.50. The van der Waals surface area contributed by atoms with Gasteiger partial charge in [-0.2, -0.15) is 0 Å². The van der Waals surface area contributed by atoms with Crippen molar-refractivity contribution in [3.05, 3.63) is 78.0 Å². The van der Waals surface area contributed by atoms with Crippen LogP contribution in [0.5, 0.6) is 0 Å². The Balaban J connectivity index is 0.00000176. The Morgan fingerprint density at radius 2 is 1.82 bits per heavy atom. The fourth-order valence-corrected chi connectivity index (χ4v) is 2.46. The van der Waals surface area contributed by atoms with Crippen LogP contribution in [0.2, 0.25) is 0 Å². The number of benzene rings is 2. The summed E-state index contributed by atoms with van der Waals surface area (Å²) in [5, 5.41) is 1.25. The van der Waals surface area contributed by atoms with Gasteiger partial charge in [0.05, 0.1) is 12.1 Å². The van der Waals surface area contributed by atoms with Gasteiger partial charge in [0.1, 0.15) is 0 Å². The van der Waals surface area contributed by atoms with Crippen molar-refractivity contribution in [3.63, 3.8) is 0 Å². The lowest BCUT2D eigenvalue weighted by Crippen LogP contribution is -1.91. The number of nitrogens with zero attached hydrogens (tertiary/aromatic N) is 2. The van der Waals surface area contributed by atoms with Crippen LogP contribution >= 0.6 is 12.4 Å². The molecule has 0 saturated heterocycles. The van der Waals surface area contributed by atoms with E-state index < -0.39 is 0 Å². The van der Waals surface area contributed by atoms with Crippen molar-refractivity contribution in [2.75, 3.05) is 6.54 Å². The molecule has 0 radical (unpaired) electrons. The van der Waals surface area contributed by atoms with Gasteiger partial charge >= 0.3 is 0 Å². The van der Waals surface area contributed by atoms with Gasteiger partial charge in [0, 0.05) is 30.4 Å². The first kappa shape index (κ1) is 16.1. The normalized spacial score (nSPS) is 11.3. The van der Waals surface area contributed by atoms with Gasteiger partial charge in [0.25, 0.3) is 0 Å². The number of fused-ring (bicyclic) bond motifs is 1. The van der Waals surface area contributed by atoms with Gasteiger partial charge in [-0.1, -0.05) is 60.7 Å². The van der Waals surface area contributed by atoms with E-state index in [2.05, 4.69) is 71.4 Å². The topological polar surface area (TPSA) is 17.3 Å². The van der Waals surface area contributed by atoms with Gasteiger partial charge in [-0.05, 0) is 11.6 Å². The molecule has 0 N–H and O–H groups in total. The van der Waals surface area contributed by atoms with E-state index in [0.717, 1.165) is 5.56 Å². The summed E-state index contributed by atoms with van der Waals surface area (Å²) in [7, 11) is 2.06. The van der Waals surface area contributed by atoms with Gasteiger partial charge in [0.2, 0.25) is 0 Å². The second-order valence-corrected chi connectivity index (χ2v) is 5.02. The van der Waals surface area contributed by atoms with Crippen LogP contribution in [-0.4, -0.2) is 17.3 Å². The predicted molar refractivity (Wildman–Crippen MR) is 98.1 cm³/mol. The molecular formula is C19H19ClN2. The van der Waals surface area contributed by atoms with Crippen molar-refractivity contribution in [2.45, 2.75) is 0 Å². The number of aryl methyl sites for hydroxylation is 1. The molecule has 112 valence electrons. The maximum Gasteiger partial charge on any atom is 0.0573 e. The van der Waals surface area contributed by atoms with E-state index in [-0.39, 0.29) is 12.4 Å². The summed E-state index contributed by atoms with van der Waals surface area (Å²) >= 11 is 0. The number of aromatic nitrogens is 1. The van der Waals surface area contributed by atoms with Crippen molar-refractivity contribution in [2.24, 2.45) is 12.0 Å². The number of aliphatic imine (C=N–C) groups is 1.